The molecule has 3 atom stereocenters. The lowest BCUT2D eigenvalue weighted by Crippen LogP contribution is -2.47. The molecule has 3 aliphatic rings. The van der Waals surface area contributed by atoms with Crippen molar-refractivity contribution in [2.75, 3.05) is 33.4 Å². The summed E-state index contributed by atoms with van der Waals surface area (Å²) in [7, 11) is 1.76. The first kappa shape index (κ1) is 21.4. The molecule has 0 N–H and O–H groups in total. The average molecular weight is 433 g/mol. The van der Waals surface area contributed by atoms with Crippen LogP contribution in [0.1, 0.15) is 47.6 Å². The van der Waals surface area contributed by atoms with Crippen LogP contribution in [0.3, 0.4) is 0 Å². The topological polar surface area (TPSA) is 61.5 Å². The molecule has 2 aromatic rings. The van der Waals surface area contributed by atoms with Gasteiger partial charge in [-0.15, -0.1) is 0 Å². The number of piperidine rings is 1. The molecule has 4 heterocycles. The van der Waals surface area contributed by atoms with Gasteiger partial charge in [0.05, 0.1) is 18.2 Å². The van der Waals surface area contributed by atoms with Crippen molar-refractivity contribution in [2.45, 2.75) is 50.9 Å². The Morgan fingerprint density at radius 3 is 2.91 bits per heavy atom. The molecule has 1 aromatic carbocycles. The molecule has 2 bridgehead atoms. The van der Waals surface area contributed by atoms with Crippen molar-refractivity contribution in [3.63, 3.8) is 0 Å². The summed E-state index contributed by atoms with van der Waals surface area (Å²) in [5, 5.41) is 9.18. The number of nitriles is 1. The van der Waals surface area contributed by atoms with Crippen LogP contribution in [0.5, 0.6) is 0 Å². The van der Waals surface area contributed by atoms with Gasteiger partial charge in [0.15, 0.2) is 0 Å². The van der Waals surface area contributed by atoms with Crippen LogP contribution in [0.2, 0.25) is 0 Å². The second-order valence-corrected chi connectivity index (χ2v) is 9.73. The molecular formula is C26H32N4O2. The smallest absolute Gasteiger partial charge is 0.255 e. The number of likely N-dealkylation sites (tertiary alicyclic amines) is 2. The molecule has 0 aliphatic carbocycles. The van der Waals surface area contributed by atoms with E-state index in [1.54, 1.807) is 7.11 Å². The SMILES string of the molecule is COC[C@@H]1CCCN1Cc1ccc2n(c1=O)C[C@H]1C[C@@H]2CN(Cc2cccc(C#N)c2)C1. The van der Waals surface area contributed by atoms with E-state index >= 15 is 0 Å². The highest BCUT2D eigenvalue weighted by atomic mass is 16.5. The number of rotatable bonds is 6. The maximum atomic E-state index is 13.4. The summed E-state index contributed by atoms with van der Waals surface area (Å²) < 4.78 is 7.46. The number of nitrogens with zero attached hydrogens (tertiary/aromatic N) is 4. The molecular weight excluding hydrogens is 400 g/mol. The molecule has 0 radical (unpaired) electrons. The fraction of sp³-hybridized carbons (Fsp3) is 0.538. The van der Waals surface area contributed by atoms with E-state index in [1.807, 2.05) is 18.2 Å². The maximum absolute atomic E-state index is 13.4. The first-order valence-electron chi connectivity index (χ1n) is 11.8. The summed E-state index contributed by atoms with van der Waals surface area (Å²) in [6.45, 7) is 6.16. The van der Waals surface area contributed by atoms with Crippen LogP contribution in [-0.4, -0.2) is 53.8 Å². The fourth-order valence-corrected chi connectivity index (χ4v) is 6.04. The van der Waals surface area contributed by atoms with Crippen LogP contribution >= 0.6 is 0 Å². The molecule has 3 aliphatic heterocycles. The molecule has 6 nitrogen and oxygen atoms in total. The van der Waals surface area contributed by atoms with E-state index in [9.17, 15) is 10.1 Å². The summed E-state index contributed by atoms with van der Waals surface area (Å²) in [5.41, 5.74) is 4.22. The van der Waals surface area contributed by atoms with Gasteiger partial charge in [0.25, 0.3) is 5.56 Å². The molecule has 2 fully saturated rings. The monoisotopic (exact) mass is 432 g/mol. The Morgan fingerprint density at radius 2 is 2.06 bits per heavy atom. The van der Waals surface area contributed by atoms with Gasteiger partial charge in [0.2, 0.25) is 0 Å². The molecule has 5 rings (SSSR count). The lowest BCUT2D eigenvalue weighted by molar-refractivity contribution is 0.109. The minimum absolute atomic E-state index is 0.204. The van der Waals surface area contributed by atoms with E-state index in [4.69, 9.17) is 4.74 Å². The van der Waals surface area contributed by atoms with E-state index in [2.05, 4.69) is 38.6 Å². The zero-order valence-electron chi connectivity index (χ0n) is 18.9. The third-order valence-electron chi connectivity index (χ3n) is 7.45. The Labute approximate surface area is 190 Å². The summed E-state index contributed by atoms with van der Waals surface area (Å²) in [6.07, 6.45) is 3.49. The molecule has 0 amide bonds. The number of hydrogen-bond donors (Lipinski definition) is 0. The number of fused-ring (bicyclic) bond motifs is 4. The van der Waals surface area contributed by atoms with E-state index in [1.165, 1.54) is 17.7 Å². The van der Waals surface area contributed by atoms with Gasteiger partial charge in [-0.3, -0.25) is 14.6 Å². The largest absolute Gasteiger partial charge is 0.383 e. The average Bonchev–Trinajstić information content (AvgIpc) is 3.23. The first-order valence-corrected chi connectivity index (χ1v) is 11.8. The maximum Gasteiger partial charge on any atom is 0.255 e. The highest BCUT2D eigenvalue weighted by Crippen LogP contribution is 2.36. The molecule has 168 valence electrons. The van der Waals surface area contributed by atoms with Crippen LogP contribution in [0.15, 0.2) is 41.2 Å². The lowest BCUT2D eigenvalue weighted by Gasteiger charge is -2.43. The lowest BCUT2D eigenvalue weighted by atomic mass is 9.82. The fourth-order valence-electron chi connectivity index (χ4n) is 6.04. The first-order chi connectivity index (χ1) is 15.6. The summed E-state index contributed by atoms with van der Waals surface area (Å²) in [4.78, 5) is 18.3. The van der Waals surface area contributed by atoms with Crippen LogP contribution in [0.4, 0.5) is 0 Å². The number of benzene rings is 1. The number of ether oxygens (including phenoxy) is 1. The third kappa shape index (κ3) is 4.25. The van der Waals surface area contributed by atoms with Crippen molar-refractivity contribution >= 4 is 0 Å². The second kappa shape index (κ2) is 9.19. The van der Waals surface area contributed by atoms with Crippen molar-refractivity contribution in [1.82, 2.24) is 14.4 Å². The van der Waals surface area contributed by atoms with Crippen molar-refractivity contribution in [2.24, 2.45) is 5.92 Å². The van der Waals surface area contributed by atoms with Crippen LogP contribution in [-0.2, 0) is 24.4 Å². The summed E-state index contributed by atoms with van der Waals surface area (Å²) in [6, 6.07) is 14.9. The van der Waals surface area contributed by atoms with Crippen molar-refractivity contribution in [1.29, 1.82) is 5.26 Å². The zero-order valence-corrected chi connectivity index (χ0v) is 18.9. The number of hydrogen-bond acceptors (Lipinski definition) is 5. The van der Waals surface area contributed by atoms with Gasteiger partial charge >= 0.3 is 0 Å². The third-order valence-corrected chi connectivity index (χ3v) is 7.45. The van der Waals surface area contributed by atoms with Gasteiger partial charge in [0.1, 0.15) is 0 Å². The molecule has 0 unspecified atom stereocenters. The Morgan fingerprint density at radius 1 is 1.16 bits per heavy atom. The molecule has 6 heteroatoms. The van der Waals surface area contributed by atoms with Gasteiger partial charge in [0, 0.05) is 63.1 Å². The van der Waals surface area contributed by atoms with Crippen molar-refractivity contribution < 1.29 is 4.74 Å². The number of aromatic nitrogens is 1. The molecule has 2 saturated heterocycles. The summed E-state index contributed by atoms with van der Waals surface area (Å²) in [5.74, 6) is 0.901. The number of pyridine rings is 1. The highest BCUT2D eigenvalue weighted by molar-refractivity contribution is 5.33. The van der Waals surface area contributed by atoms with Crippen molar-refractivity contribution in [3.8, 4) is 6.07 Å². The highest BCUT2D eigenvalue weighted by Gasteiger charge is 2.35. The standard InChI is InChI=1S/C26H32N4O2/c1-32-18-24-6-3-9-29(24)17-22-7-8-25-23-11-21(15-30(25)26(22)31)14-28(16-23)13-20-5-2-4-19(10-20)12-27/h2,4-5,7-8,10,21,23-24H,3,6,9,11,13-18H2,1H3/t21-,23+,24-/m0/s1. The van der Waals surface area contributed by atoms with Crippen LogP contribution in [0, 0.1) is 17.2 Å². The Bertz CT molecular complexity index is 1070. The molecule has 32 heavy (non-hydrogen) atoms. The second-order valence-electron chi connectivity index (χ2n) is 9.73. The Kier molecular flexibility index (Phi) is 6.14. The Balaban J connectivity index is 1.32. The number of methoxy groups -OCH3 is 1. The minimum atomic E-state index is 0.204. The van der Waals surface area contributed by atoms with Gasteiger partial charge in [-0.05, 0) is 55.5 Å². The van der Waals surface area contributed by atoms with Gasteiger partial charge in [-0.1, -0.05) is 18.2 Å². The Hall–Kier alpha value is -2.46. The minimum Gasteiger partial charge on any atom is -0.383 e. The quantitative estimate of drug-likeness (QED) is 0.702. The molecule has 1 aromatic heterocycles. The summed E-state index contributed by atoms with van der Waals surface area (Å²) >= 11 is 0. The molecule has 0 saturated carbocycles. The molecule has 0 spiro atoms. The zero-order chi connectivity index (χ0) is 22.1. The normalized spacial score (nSPS) is 25.4. The van der Waals surface area contributed by atoms with Crippen molar-refractivity contribution in [3.05, 3.63) is 69.1 Å². The van der Waals surface area contributed by atoms with Gasteiger partial charge < -0.3 is 9.30 Å². The predicted molar refractivity (Wildman–Crippen MR) is 123 cm³/mol. The van der Waals surface area contributed by atoms with Gasteiger partial charge in [-0.2, -0.15) is 5.26 Å². The van der Waals surface area contributed by atoms with E-state index in [0.29, 0.717) is 17.9 Å². The van der Waals surface area contributed by atoms with Crippen LogP contribution < -0.4 is 5.56 Å². The van der Waals surface area contributed by atoms with E-state index in [-0.39, 0.29) is 5.56 Å². The predicted octanol–water partition coefficient (Wildman–Crippen LogP) is 2.95. The van der Waals surface area contributed by atoms with Gasteiger partial charge in [-0.25, -0.2) is 0 Å². The van der Waals surface area contributed by atoms with E-state index < -0.39 is 0 Å². The van der Waals surface area contributed by atoms with E-state index in [0.717, 1.165) is 69.8 Å². The van der Waals surface area contributed by atoms with Crippen LogP contribution in [0.25, 0.3) is 0 Å².